The molecule has 1 aromatic rings. The van der Waals surface area contributed by atoms with Crippen molar-refractivity contribution >= 4 is 17.4 Å². The summed E-state index contributed by atoms with van der Waals surface area (Å²) in [5.74, 6) is 2.16. The highest BCUT2D eigenvalue weighted by Gasteiger charge is 2.31. The summed E-state index contributed by atoms with van der Waals surface area (Å²) in [5, 5.41) is 3.25. The lowest BCUT2D eigenvalue weighted by molar-refractivity contribution is -0.137. The molecule has 1 heterocycles. The molecule has 0 aromatic heterocycles. The van der Waals surface area contributed by atoms with Gasteiger partial charge in [-0.2, -0.15) is 24.9 Å². The fourth-order valence-electron chi connectivity index (χ4n) is 2.02. The highest BCUT2D eigenvalue weighted by Crippen LogP contribution is 2.32. The number of nitrogens with one attached hydrogen (secondary N) is 1. The van der Waals surface area contributed by atoms with Gasteiger partial charge in [-0.05, 0) is 49.0 Å². The van der Waals surface area contributed by atoms with Crippen LogP contribution in [0.3, 0.4) is 0 Å². The van der Waals surface area contributed by atoms with Gasteiger partial charge in [-0.1, -0.05) is 6.07 Å². The minimum absolute atomic E-state index is 0.299. The van der Waals surface area contributed by atoms with Crippen LogP contribution in [0.15, 0.2) is 18.2 Å². The largest absolute Gasteiger partial charge is 0.416 e. The zero-order chi connectivity index (χ0) is 13.2. The molecule has 1 saturated heterocycles. The number of anilines is 1. The normalized spacial score (nSPS) is 17.8. The van der Waals surface area contributed by atoms with Gasteiger partial charge in [0.2, 0.25) is 0 Å². The SMILES string of the molecule is Cc1ccc(C(F)(F)F)cc1NC1CCSCC1. The van der Waals surface area contributed by atoms with Gasteiger partial charge in [0.25, 0.3) is 0 Å². The van der Waals surface area contributed by atoms with Crippen molar-refractivity contribution < 1.29 is 13.2 Å². The summed E-state index contributed by atoms with van der Waals surface area (Å²) in [5.41, 5.74) is 0.892. The molecule has 2 rings (SSSR count). The van der Waals surface area contributed by atoms with E-state index in [1.165, 1.54) is 12.1 Å². The second-order valence-electron chi connectivity index (χ2n) is 4.56. The molecule has 0 amide bonds. The van der Waals surface area contributed by atoms with E-state index in [9.17, 15) is 13.2 Å². The molecule has 1 aliphatic heterocycles. The number of alkyl halides is 3. The van der Waals surface area contributed by atoms with Gasteiger partial charge < -0.3 is 5.32 Å². The van der Waals surface area contributed by atoms with E-state index < -0.39 is 11.7 Å². The number of aryl methyl sites for hydroxylation is 1. The van der Waals surface area contributed by atoms with Crippen LogP contribution in [0.25, 0.3) is 0 Å². The molecule has 18 heavy (non-hydrogen) atoms. The molecule has 0 unspecified atom stereocenters. The summed E-state index contributed by atoms with van der Waals surface area (Å²) < 4.78 is 37.9. The zero-order valence-electron chi connectivity index (χ0n) is 10.2. The molecule has 0 saturated carbocycles. The number of hydrogen-bond donors (Lipinski definition) is 1. The summed E-state index contributed by atoms with van der Waals surface area (Å²) in [7, 11) is 0. The van der Waals surface area contributed by atoms with Crippen LogP contribution in [-0.4, -0.2) is 17.5 Å². The van der Waals surface area contributed by atoms with Crippen LogP contribution >= 0.6 is 11.8 Å². The van der Waals surface area contributed by atoms with Gasteiger partial charge in [-0.15, -0.1) is 0 Å². The van der Waals surface area contributed by atoms with E-state index in [0.29, 0.717) is 11.7 Å². The first kappa shape index (κ1) is 13.6. The smallest absolute Gasteiger partial charge is 0.382 e. The Hall–Kier alpha value is -0.840. The van der Waals surface area contributed by atoms with Crippen LogP contribution in [-0.2, 0) is 6.18 Å². The highest BCUT2D eigenvalue weighted by atomic mass is 32.2. The second kappa shape index (κ2) is 5.43. The Morgan fingerprint density at radius 1 is 1.22 bits per heavy atom. The molecule has 0 spiro atoms. The fourth-order valence-corrected chi connectivity index (χ4v) is 3.12. The van der Waals surface area contributed by atoms with Crippen LogP contribution in [0.1, 0.15) is 24.0 Å². The van der Waals surface area contributed by atoms with Crippen LogP contribution in [0.4, 0.5) is 18.9 Å². The predicted octanol–water partition coefficient (Wildman–Crippen LogP) is 4.32. The molecule has 1 N–H and O–H groups in total. The van der Waals surface area contributed by atoms with E-state index in [-0.39, 0.29) is 0 Å². The van der Waals surface area contributed by atoms with E-state index in [1.54, 1.807) is 0 Å². The molecule has 100 valence electrons. The maximum atomic E-state index is 12.6. The molecule has 0 radical (unpaired) electrons. The summed E-state index contributed by atoms with van der Waals surface area (Å²) in [6.07, 6.45) is -2.24. The Bertz CT molecular complexity index is 411. The van der Waals surface area contributed by atoms with E-state index in [2.05, 4.69) is 5.32 Å². The van der Waals surface area contributed by atoms with E-state index in [4.69, 9.17) is 0 Å². The van der Waals surface area contributed by atoms with Gasteiger partial charge in [0, 0.05) is 11.7 Å². The third kappa shape index (κ3) is 3.34. The monoisotopic (exact) mass is 275 g/mol. The summed E-state index contributed by atoms with van der Waals surface area (Å²) in [4.78, 5) is 0. The third-order valence-corrected chi connectivity index (χ3v) is 4.19. The summed E-state index contributed by atoms with van der Waals surface area (Å²) in [6, 6.07) is 4.19. The molecule has 1 nitrogen and oxygen atoms in total. The van der Waals surface area contributed by atoms with Crippen molar-refractivity contribution in [3.8, 4) is 0 Å². The van der Waals surface area contributed by atoms with Crippen molar-refractivity contribution in [1.29, 1.82) is 0 Å². The van der Waals surface area contributed by atoms with Crippen molar-refractivity contribution in [2.75, 3.05) is 16.8 Å². The quantitative estimate of drug-likeness (QED) is 0.862. The van der Waals surface area contributed by atoms with Crippen molar-refractivity contribution in [2.24, 2.45) is 0 Å². The highest BCUT2D eigenvalue weighted by molar-refractivity contribution is 7.99. The topological polar surface area (TPSA) is 12.0 Å². The third-order valence-electron chi connectivity index (χ3n) is 3.15. The Morgan fingerprint density at radius 3 is 2.50 bits per heavy atom. The zero-order valence-corrected chi connectivity index (χ0v) is 11.0. The fraction of sp³-hybridized carbons (Fsp3) is 0.538. The van der Waals surface area contributed by atoms with Gasteiger partial charge in [-0.3, -0.25) is 0 Å². The number of rotatable bonds is 2. The minimum atomic E-state index is -4.27. The average Bonchev–Trinajstić information content (AvgIpc) is 2.32. The van der Waals surface area contributed by atoms with Gasteiger partial charge in [0.1, 0.15) is 0 Å². The summed E-state index contributed by atoms with van der Waals surface area (Å²) in [6.45, 7) is 1.83. The van der Waals surface area contributed by atoms with Crippen LogP contribution in [0.2, 0.25) is 0 Å². The molecule has 1 aromatic carbocycles. The Morgan fingerprint density at radius 2 is 1.89 bits per heavy atom. The molecule has 0 atom stereocenters. The van der Waals surface area contributed by atoms with Crippen LogP contribution in [0, 0.1) is 6.92 Å². The summed E-state index contributed by atoms with van der Waals surface area (Å²) >= 11 is 1.90. The maximum absolute atomic E-state index is 12.6. The lowest BCUT2D eigenvalue weighted by Crippen LogP contribution is -2.25. The van der Waals surface area contributed by atoms with Gasteiger partial charge >= 0.3 is 6.18 Å². The average molecular weight is 275 g/mol. The van der Waals surface area contributed by atoms with Gasteiger partial charge in [-0.25, -0.2) is 0 Å². The lowest BCUT2D eigenvalue weighted by Gasteiger charge is -2.25. The molecule has 1 aliphatic rings. The predicted molar refractivity (Wildman–Crippen MR) is 70.2 cm³/mol. The van der Waals surface area contributed by atoms with Crippen LogP contribution in [0.5, 0.6) is 0 Å². The molecule has 0 aliphatic carbocycles. The number of benzene rings is 1. The Balaban J connectivity index is 2.15. The first-order valence-electron chi connectivity index (χ1n) is 5.99. The molecular formula is C13H16F3NS. The van der Waals surface area contributed by atoms with Crippen molar-refractivity contribution in [3.63, 3.8) is 0 Å². The van der Waals surface area contributed by atoms with Gasteiger partial charge in [0.15, 0.2) is 0 Å². The molecule has 0 bridgehead atoms. The number of halogens is 3. The van der Waals surface area contributed by atoms with Crippen molar-refractivity contribution in [2.45, 2.75) is 32.0 Å². The van der Waals surface area contributed by atoms with E-state index in [0.717, 1.165) is 36.0 Å². The minimum Gasteiger partial charge on any atom is -0.382 e. The Labute approximate surface area is 109 Å². The van der Waals surface area contributed by atoms with Gasteiger partial charge in [0.05, 0.1) is 5.56 Å². The number of thioether (sulfide) groups is 1. The molecule has 5 heteroatoms. The number of hydrogen-bond acceptors (Lipinski definition) is 2. The molecular weight excluding hydrogens is 259 g/mol. The standard InChI is InChI=1S/C13H16F3NS/c1-9-2-3-10(13(14,15)16)8-12(9)17-11-4-6-18-7-5-11/h2-3,8,11,17H,4-7H2,1H3. The maximum Gasteiger partial charge on any atom is 0.416 e. The van der Waals surface area contributed by atoms with Crippen LogP contribution < -0.4 is 5.32 Å². The molecule has 1 fully saturated rings. The second-order valence-corrected chi connectivity index (χ2v) is 5.78. The van der Waals surface area contributed by atoms with Crippen molar-refractivity contribution in [3.05, 3.63) is 29.3 Å². The van der Waals surface area contributed by atoms with Crippen molar-refractivity contribution in [1.82, 2.24) is 0 Å². The first-order valence-corrected chi connectivity index (χ1v) is 7.14. The van der Waals surface area contributed by atoms with E-state index in [1.807, 2.05) is 18.7 Å². The lowest BCUT2D eigenvalue weighted by atomic mass is 10.1. The Kier molecular flexibility index (Phi) is 4.10. The van der Waals surface area contributed by atoms with E-state index >= 15 is 0 Å². The first-order chi connectivity index (χ1) is 8.47.